The van der Waals surface area contributed by atoms with Gasteiger partial charge in [0.1, 0.15) is 122 Å². The van der Waals surface area contributed by atoms with E-state index in [0.29, 0.717) is 0 Å². The van der Waals surface area contributed by atoms with Gasteiger partial charge in [0.25, 0.3) is 0 Å². The molecule has 5 saturated heterocycles. The lowest BCUT2D eigenvalue weighted by Crippen LogP contribution is -2.65. The van der Waals surface area contributed by atoms with Gasteiger partial charge in [-0.1, -0.05) is 0 Å². The minimum Gasteiger partial charge on any atom is -0.394 e. The van der Waals surface area contributed by atoms with Gasteiger partial charge >= 0.3 is 0 Å². The number of methoxy groups -OCH3 is 1. The van der Waals surface area contributed by atoms with E-state index in [-0.39, 0.29) is 6.61 Å². The van der Waals surface area contributed by atoms with Gasteiger partial charge in [-0.25, -0.2) is 0 Å². The van der Waals surface area contributed by atoms with Crippen molar-refractivity contribution < 1.29 is 129 Å². The van der Waals surface area contributed by atoms with Crippen LogP contribution in [-0.2, 0) is 47.4 Å². The van der Waals surface area contributed by atoms with Gasteiger partial charge in [-0.3, -0.25) is 0 Å². The minimum atomic E-state index is -2.04. The number of hydrogen-bond acceptors (Lipinski definition) is 26. The van der Waals surface area contributed by atoms with Crippen LogP contribution in [0.25, 0.3) is 0 Å². The maximum absolute atomic E-state index is 11.3. The SMILES string of the molecule is COCC1O[C@H](OCC2O[C@H](OCC3O[C@H](OCC4O[C@H](O)C(O)[C@@H](O)[C@@H]4O)C(O)[C@@H](O)[C@@H]3O)C(O)[C@@H](O[C@@H]3OC(CO)[C@@H](O)[C@H](O)C3O)[C@@H]2O)C(O)[C@@H](O)[C@@H]1O. The van der Waals surface area contributed by atoms with Crippen molar-refractivity contribution in [3.8, 4) is 0 Å². The second-order valence-corrected chi connectivity index (χ2v) is 14.3. The standard InChI is InChI=1S/C31H54O26/c1-48-3-8-13(34)19(40)22(43)28(54-8)50-6-11-16(37)26(57-31-24(45)18(39)12(33)7(2-32)53-31)25(46)30(56-11)51-5-10-15(36)20(41)23(44)29(55-10)49-4-9-14(35)17(38)21(42)27(47)52-9/h7-47H,2-6H2,1H3/t7?,8?,9?,10?,11?,12-,13-,14-,15-,16-,17+,18+,19+,20+,21?,22?,23?,24?,25?,26+,27+,28+,29+,30+,31+/m1/s1. The van der Waals surface area contributed by atoms with Crippen molar-refractivity contribution in [2.24, 2.45) is 0 Å². The Morgan fingerprint density at radius 1 is 0.351 bits per heavy atom. The third-order valence-electron chi connectivity index (χ3n) is 10.4. The highest BCUT2D eigenvalue weighted by Gasteiger charge is 2.53. The number of aliphatic hydroxyl groups is 16. The van der Waals surface area contributed by atoms with Gasteiger partial charge in [0, 0.05) is 7.11 Å². The molecule has 5 rings (SSSR count). The molecule has 0 aromatic rings. The number of ether oxygens (including phenoxy) is 10. The van der Waals surface area contributed by atoms with Crippen molar-refractivity contribution in [1.29, 1.82) is 0 Å². The average molecular weight is 843 g/mol. The molecule has 5 aliphatic heterocycles. The summed E-state index contributed by atoms with van der Waals surface area (Å²) in [7, 11) is 1.28. The first kappa shape index (κ1) is 47.0. The molecule has 0 radical (unpaired) electrons. The van der Waals surface area contributed by atoms with Crippen LogP contribution in [0.3, 0.4) is 0 Å². The van der Waals surface area contributed by atoms with E-state index in [4.69, 9.17) is 47.4 Å². The van der Waals surface area contributed by atoms with Gasteiger partial charge in [-0.15, -0.1) is 0 Å². The maximum atomic E-state index is 11.3. The van der Waals surface area contributed by atoms with Crippen molar-refractivity contribution >= 4 is 0 Å². The minimum absolute atomic E-state index is 0.232. The van der Waals surface area contributed by atoms with Crippen LogP contribution in [0.5, 0.6) is 0 Å². The Balaban J connectivity index is 1.29. The molecule has 5 aliphatic rings. The Bertz CT molecular complexity index is 1220. The van der Waals surface area contributed by atoms with Crippen LogP contribution in [0.2, 0.25) is 0 Å². The van der Waals surface area contributed by atoms with Crippen molar-refractivity contribution in [2.75, 3.05) is 40.1 Å². The summed E-state index contributed by atoms with van der Waals surface area (Å²) in [6.45, 7) is -3.29. The molecular formula is C31H54O26. The molecule has 25 atom stereocenters. The predicted molar refractivity (Wildman–Crippen MR) is 171 cm³/mol. The smallest absolute Gasteiger partial charge is 0.187 e. The molecule has 10 unspecified atom stereocenters. The maximum Gasteiger partial charge on any atom is 0.187 e. The first-order valence-corrected chi connectivity index (χ1v) is 18.0. The lowest BCUT2D eigenvalue weighted by Gasteiger charge is -2.47. The third-order valence-corrected chi connectivity index (χ3v) is 10.4. The fourth-order valence-corrected chi connectivity index (χ4v) is 6.86. The molecule has 0 saturated carbocycles. The first-order valence-electron chi connectivity index (χ1n) is 18.0. The van der Waals surface area contributed by atoms with Crippen LogP contribution in [0, 0.1) is 0 Å². The van der Waals surface area contributed by atoms with E-state index >= 15 is 0 Å². The van der Waals surface area contributed by atoms with Crippen LogP contribution in [0.15, 0.2) is 0 Å². The average Bonchev–Trinajstić information content (AvgIpc) is 3.19. The van der Waals surface area contributed by atoms with Crippen LogP contribution >= 0.6 is 0 Å². The van der Waals surface area contributed by atoms with E-state index in [0.717, 1.165) is 0 Å². The van der Waals surface area contributed by atoms with Gasteiger partial charge in [0.15, 0.2) is 31.5 Å². The first-order chi connectivity index (χ1) is 26.9. The van der Waals surface area contributed by atoms with Crippen molar-refractivity contribution in [3.05, 3.63) is 0 Å². The summed E-state index contributed by atoms with van der Waals surface area (Å²) in [5, 5.41) is 166. The Kier molecular flexibility index (Phi) is 16.7. The summed E-state index contributed by atoms with van der Waals surface area (Å²) in [6, 6.07) is 0. The molecule has 334 valence electrons. The summed E-state index contributed by atoms with van der Waals surface area (Å²) in [6.07, 6.45) is -44.4. The van der Waals surface area contributed by atoms with E-state index in [2.05, 4.69) is 0 Å². The van der Waals surface area contributed by atoms with Crippen molar-refractivity contribution in [2.45, 2.75) is 154 Å². The second-order valence-electron chi connectivity index (χ2n) is 14.3. The summed E-state index contributed by atoms with van der Waals surface area (Å²) in [4.78, 5) is 0. The van der Waals surface area contributed by atoms with Gasteiger partial charge in [-0.05, 0) is 0 Å². The third kappa shape index (κ3) is 10.2. The molecule has 0 amide bonds. The van der Waals surface area contributed by atoms with Crippen LogP contribution in [0.1, 0.15) is 0 Å². The number of aliphatic hydroxyl groups excluding tert-OH is 16. The fourth-order valence-electron chi connectivity index (χ4n) is 6.86. The lowest BCUT2D eigenvalue weighted by atomic mass is 9.96. The number of rotatable bonds is 14. The highest BCUT2D eigenvalue weighted by molar-refractivity contribution is 4.96. The summed E-state index contributed by atoms with van der Waals surface area (Å²) >= 11 is 0. The Morgan fingerprint density at radius 2 is 0.702 bits per heavy atom. The molecule has 26 nitrogen and oxygen atoms in total. The molecule has 5 fully saturated rings. The zero-order chi connectivity index (χ0) is 42.0. The second kappa shape index (κ2) is 20.2. The van der Waals surface area contributed by atoms with Crippen molar-refractivity contribution in [3.63, 3.8) is 0 Å². The number of hydrogen-bond donors (Lipinski definition) is 16. The predicted octanol–water partition coefficient (Wildman–Crippen LogP) is -11.3. The van der Waals surface area contributed by atoms with Gasteiger partial charge in [0.2, 0.25) is 0 Å². The van der Waals surface area contributed by atoms with Crippen LogP contribution in [-0.4, -0.2) is 275 Å². The summed E-state index contributed by atoms with van der Waals surface area (Å²) in [5.41, 5.74) is 0. The molecule has 0 bridgehead atoms. The van der Waals surface area contributed by atoms with E-state index in [1.165, 1.54) is 7.11 Å². The topological polar surface area (TPSA) is 416 Å². The molecule has 0 aliphatic carbocycles. The molecule has 26 heteroatoms. The fraction of sp³-hybridized carbons (Fsp3) is 1.00. The monoisotopic (exact) mass is 842 g/mol. The Labute approximate surface area is 323 Å². The normalized spacial score (nSPS) is 52.5. The van der Waals surface area contributed by atoms with Gasteiger partial charge in [-0.2, -0.15) is 0 Å². The molecule has 57 heavy (non-hydrogen) atoms. The highest BCUT2D eigenvalue weighted by atomic mass is 16.8. The van der Waals surface area contributed by atoms with Gasteiger partial charge < -0.3 is 129 Å². The van der Waals surface area contributed by atoms with Crippen LogP contribution < -0.4 is 0 Å². The van der Waals surface area contributed by atoms with Gasteiger partial charge in [0.05, 0.1) is 33.0 Å². The molecular weight excluding hydrogens is 788 g/mol. The Hall–Kier alpha value is -1.04. The summed E-state index contributed by atoms with van der Waals surface area (Å²) in [5.74, 6) is 0. The zero-order valence-corrected chi connectivity index (χ0v) is 30.2. The van der Waals surface area contributed by atoms with E-state index < -0.39 is 180 Å². The molecule has 5 heterocycles. The zero-order valence-electron chi connectivity index (χ0n) is 30.2. The summed E-state index contributed by atoms with van der Waals surface area (Å²) < 4.78 is 54.5. The van der Waals surface area contributed by atoms with E-state index in [9.17, 15) is 81.7 Å². The molecule has 0 aromatic carbocycles. The Morgan fingerprint density at radius 3 is 1.16 bits per heavy atom. The largest absolute Gasteiger partial charge is 0.394 e. The van der Waals surface area contributed by atoms with Crippen LogP contribution in [0.4, 0.5) is 0 Å². The molecule has 0 spiro atoms. The van der Waals surface area contributed by atoms with E-state index in [1.807, 2.05) is 0 Å². The lowest BCUT2D eigenvalue weighted by molar-refractivity contribution is -0.371. The van der Waals surface area contributed by atoms with Crippen molar-refractivity contribution in [1.82, 2.24) is 0 Å². The highest BCUT2D eigenvalue weighted by Crippen LogP contribution is 2.32. The quantitative estimate of drug-likeness (QED) is 0.0772. The van der Waals surface area contributed by atoms with E-state index in [1.54, 1.807) is 0 Å². The molecule has 16 N–H and O–H groups in total. The molecule has 0 aromatic heterocycles.